The number of fused-ring (bicyclic) bond motifs is 1. The number of aryl methyl sites for hydroxylation is 1. The molecule has 0 aliphatic rings. The maximum atomic E-state index is 5.31. The average molecular weight is 342 g/mol. The van der Waals surface area contributed by atoms with Crippen molar-refractivity contribution in [3.63, 3.8) is 0 Å². The van der Waals surface area contributed by atoms with E-state index in [4.69, 9.17) is 4.74 Å². The zero-order valence-corrected chi connectivity index (χ0v) is 14.8. The molecule has 0 bridgehead atoms. The number of nitrogens with zero attached hydrogens (tertiary/aromatic N) is 3. The molecule has 0 saturated heterocycles. The van der Waals surface area contributed by atoms with E-state index >= 15 is 0 Å². The highest BCUT2D eigenvalue weighted by Gasteiger charge is 2.07. The molecule has 2 aromatic heterocycles. The Morgan fingerprint density at radius 1 is 1.21 bits per heavy atom. The van der Waals surface area contributed by atoms with E-state index in [0.717, 1.165) is 43.2 Å². The van der Waals surface area contributed by atoms with Gasteiger partial charge in [0.1, 0.15) is 5.82 Å². The van der Waals surface area contributed by atoms with Gasteiger partial charge < -0.3 is 9.30 Å². The molecule has 0 aliphatic heterocycles. The lowest BCUT2D eigenvalue weighted by Crippen LogP contribution is -2.12. The van der Waals surface area contributed by atoms with E-state index in [9.17, 15) is 0 Å². The normalized spacial score (nSPS) is 11.2. The fraction of sp³-hybridized carbons (Fsp3) is 0.333. The molecule has 0 atom stereocenters. The maximum Gasteiger partial charge on any atom is 0.107 e. The van der Waals surface area contributed by atoms with Gasteiger partial charge in [0.15, 0.2) is 0 Å². The van der Waals surface area contributed by atoms with Gasteiger partial charge in [-0.2, -0.15) is 0 Å². The Morgan fingerprint density at radius 3 is 2.83 bits per heavy atom. The van der Waals surface area contributed by atoms with Gasteiger partial charge in [0.05, 0.1) is 23.8 Å². The summed E-state index contributed by atoms with van der Waals surface area (Å²) in [5, 5.41) is 0. The number of nitrogens with one attached hydrogen (secondary N) is 1. The SMILES string of the molecule is CCOCCNSc1ccc(Cn2c(C)nc3ccncc32)cc1. The second kappa shape index (κ2) is 8.28. The van der Waals surface area contributed by atoms with Crippen LogP contribution >= 0.6 is 11.9 Å². The minimum absolute atomic E-state index is 0.739. The first-order valence-corrected chi connectivity index (χ1v) is 8.93. The summed E-state index contributed by atoms with van der Waals surface area (Å²) in [5.74, 6) is 1.01. The minimum atomic E-state index is 0.739. The quantitative estimate of drug-likeness (QED) is 0.502. The summed E-state index contributed by atoms with van der Waals surface area (Å²) >= 11 is 1.63. The first-order valence-electron chi connectivity index (χ1n) is 8.11. The van der Waals surface area contributed by atoms with Crippen molar-refractivity contribution in [3.05, 3.63) is 54.1 Å². The Kier molecular flexibility index (Phi) is 5.85. The maximum absolute atomic E-state index is 5.31. The first kappa shape index (κ1) is 17.0. The number of aromatic nitrogens is 3. The third-order valence-corrected chi connectivity index (χ3v) is 4.60. The van der Waals surface area contributed by atoms with Crippen LogP contribution in [0.1, 0.15) is 18.3 Å². The number of pyridine rings is 1. The van der Waals surface area contributed by atoms with Crippen LogP contribution in [-0.2, 0) is 11.3 Å². The van der Waals surface area contributed by atoms with E-state index in [1.54, 1.807) is 18.1 Å². The van der Waals surface area contributed by atoms with E-state index in [1.165, 1.54) is 10.5 Å². The molecule has 1 N–H and O–H groups in total. The third-order valence-electron chi connectivity index (χ3n) is 3.75. The Balaban J connectivity index is 1.62. The lowest BCUT2D eigenvalue weighted by Gasteiger charge is -2.08. The van der Waals surface area contributed by atoms with Gasteiger partial charge in [0.25, 0.3) is 0 Å². The smallest absolute Gasteiger partial charge is 0.107 e. The zero-order valence-electron chi connectivity index (χ0n) is 14.0. The number of benzene rings is 1. The Labute approximate surface area is 146 Å². The van der Waals surface area contributed by atoms with E-state index in [-0.39, 0.29) is 0 Å². The van der Waals surface area contributed by atoms with Crippen LogP contribution in [0.3, 0.4) is 0 Å². The van der Waals surface area contributed by atoms with Gasteiger partial charge in [-0.3, -0.25) is 9.71 Å². The number of hydrogen-bond donors (Lipinski definition) is 1. The topological polar surface area (TPSA) is 52.0 Å². The summed E-state index contributed by atoms with van der Waals surface area (Å²) in [7, 11) is 0. The van der Waals surface area contributed by atoms with Crippen LogP contribution in [0.15, 0.2) is 47.6 Å². The molecular formula is C18H22N4OS. The Morgan fingerprint density at radius 2 is 2.04 bits per heavy atom. The number of rotatable bonds is 8. The summed E-state index contributed by atoms with van der Waals surface area (Å²) in [6.45, 7) is 7.19. The molecule has 3 rings (SSSR count). The number of imidazole rings is 1. The minimum Gasteiger partial charge on any atom is -0.380 e. The van der Waals surface area contributed by atoms with Crippen LogP contribution < -0.4 is 4.72 Å². The molecule has 1 aromatic carbocycles. The summed E-state index contributed by atoms with van der Waals surface area (Å²) in [6.07, 6.45) is 3.66. The van der Waals surface area contributed by atoms with Crippen LogP contribution in [0, 0.1) is 6.92 Å². The molecular weight excluding hydrogens is 320 g/mol. The Bertz CT molecular complexity index is 785. The van der Waals surface area contributed by atoms with Crippen molar-refractivity contribution in [2.75, 3.05) is 19.8 Å². The molecule has 0 fully saturated rings. The van der Waals surface area contributed by atoms with Gasteiger partial charge in [-0.25, -0.2) is 4.98 Å². The van der Waals surface area contributed by atoms with E-state index < -0.39 is 0 Å². The molecule has 0 unspecified atom stereocenters. The fourth-order valence-electron chi connectivity index (χ4n) is 2.53. The van der Waals surface area contributed by atoms with Gasteiger partial charge in [-0.05, 0) is 49.6 Å². The van der Waals surface area contributed by atoms with Gasteiger partial charge in [-0.15, -0.1) is 0 Å². The summed E-state index contributed by atoms with van der Waals surface area (Å²) in [6, 6.07) is 10.6. The molecule has 0 saturated carbocycles. The van der Waals surface area contributed by atoms with Crippen molar-refractivity contribution >= 4 is 23.0 Å². The number of hydrogen-bond acceptors (Lipinski definition) is 5. The van der Waals surface area contributed by atoms with Crippen molar-refractivity contribution in [3.8, 4) is 0 Å². The van der Waals surface area contributed by atoms with Crippen LogP contribution in [-0.4, -0.2) is 34.3 Å². The van der Waals surface area contributed by atoms with E-state index in [0.29, 0.717) is 0 Å². The number of ether oxygens (including phenoxy) is 1. The van der Waals surface area contributed by atoms with Crippen molar-refractivity contribution < 1.29 is 4.74 Å². The second-order valence-electron chi connectivity index (χ2n) is 5.45. The highest BCUT2D eigenvalue weighted by Crippen LogP contribution is 2.19. The predicted molar refractivity (Wildman–Crippen MR) is 98.2 cm³/mol. The van der Waals surface area contributed by atoms with Crippen molar-refractivity contribution in [2.24, 2.45) is 0 Å². The summed E-state index contributed by atoms with van der Waals surface area (Å²) in [5.41, 5.74) is 3.32. The van der Waals surface area contributed by atoms with Crippen LogP contribution in [0.5, 0.6) is 0 Å². The molecule has 126 valence electrons. The van der Waals surface area contributed by atoms with Crippen molar-refractivity contribution in [1.29, 1.82) is 0 Å². The van der Waals surface area contributed by atoms with Gasteiger partial charge >= 0.3 is 0 Å². The molecule has 24 heavy (non-hydrogen) atoms. The van der Waals surface area contributed by atoms with E-state index in [2.05, 4.69) is 43.5 Å². The predicted octanol–water partition coefficient (Wildman–Crippen LogP) is 3.42. The molecule has 3 aromatic rings. The Hall–Kier alpha value is -1.89. The highest BCUT2D eigenvalue weighted by atomic mass is 32.2. The average Bonchev–Trinajstić information content (AvgIpc) is 2.92. The molecule has 2 heterocycles. The molecule has 0 radical (unpaired) electrons. The lowest BCUT2D eigenvalue weighted by atomic mass is 10.2. The van der Waals surface area contributed by atoms with Crippen molar-refractivity contribution in [2.45, 2.75) is 25.3 Å². The first-order chi connectivity index (χ1) is 11.8. The molecule has 5 nitrogen and oxygen atoms in total. The summed E-state index contributed by atoms with van der Waals surface area (Å²) < 4.78 is 10.8. The zero-order chi connectivity index (χ0) is 16.8. The fourth-order valence-corrected chi connectivity index (χ4v) is 3.15. The molecule has 0 spiro atoms. The monoisotopic (exact) mass is 342 g/mol. The van der Waals surface area contributed by atoms with Crippen LogP contribution in [0.25, 0.3) is 11.0 Å². The van der Waals surface area contributed by atoms with Gasteiger partial charge in [-0.1, -0.05) is 12.1 Å². The van der Waals surface area contributed by atoms with Crippen molar-refractivity contribution in [1.82, 2.24) is 19.3 Å². The summed E-state index contributed by atoms with van der Waals surface area (Å²) in [4.78, 5) is 10.0. The third kappa shape index (κ3) is 4.14. The largest absolute Gasteiger partial charge is 0.380 e. The van der Waals surface area contributed by atoms with Gasteiger partial charge in [0.2, 0.25) is 0 Å². The van der Waals surface area contributed by atoms with Crippen LogP contribution in [0.4, 0.5) is 0 Å². The van der Waals surface area contributed by atoms with Gasteiger partial charge in [0, 0.05) is 30.8 Å². The molecule has 0 amide bonds. The standard InChI is InChI=1S/C18H22N4OS/c1-3-23-11-10-20-24-16-6-4-15(5-7-16)13-22-14(2)21-17-8-9-19-12-18(17)22/h4-9,12,20H,3,10-11,13H2,1-2H3. The van der Waals surface area contributed by atoms with E-state index in [1.807, 2.05) is 26.1 Å². The highest BCUT2D eigenvalue weighted by molar-refractivity contribution is 7.97. The molecule has 6 heteroatoms. The molecule has 0 aliphatic carbocycles. The second-order valence-corrected chi connectivity index (χ2v) is 6.41. The van der Waals surface area contributed by atoms with Crippen LogP contribution in [0.2, 0.25) is 0 Å². The lowest BCUT2D eigenvalue weighted by molar-refractivity contribution is 0.153.